The molecular formula is C16H28N2O. The van der Waals surface area contributed by atoms with E-state index in [1.54, 1.807) is 0 Å². The molecule has 0 aliphatic carbocycles. The van der Waals surface area contributed by atoms with E-state index in [1.807, 2.05) is 0 Å². The minimum absolute atomic E-state index is 0.360. The van der Waals surface area contributed by atoms with Gasteiger partial charge in [-0.05, 0) is 80.9 Å². The summed E-state index contributed by atoms with van der Waals surface area (Å²) in [5.74, 6) is 1.37. The highest BCUT2D eigenvalue weighted by Crippen LogP contribution is 2.29. The van der Waals surface area contributed by atoms with E-state index in [1.165, 1.54) is 22.3 Å². The van der Waals surface area contributed by atoms with Crippen molar-refractivity contribution < 1.29 is 4.74 Å². The molecule has 3 heteroatoms. The van der Waals surface area contributed by atoms with Crippen LogP contribution in [0.5, 0.6) is 5.75 Å². The third kappa shape index (κ3) is 3.95. The number of nitrogens with two attached hydrogens (primary N) is 2. The molecule has 0 radical (unpaired) electrons. The maximum atomic E-state index is 5.81. The second-order valence-corrected chi connectivity index (χ2v) is 5.31. The molecule has 4 N–H and O–H groups in total. The van der Waals surface area contributed by atoms with Crippen LogP contribution in [0.3, 0.4) is 0 Å². The Balaban J connectivity index is 3.04. The van der Waals surface area contributed by atoms with E-state index in [4.69, 9.17) is 16.2 Å². The van der Waals surface area contributed by atoms with E-state index >= 15 is 0 Å². The number of ether oxygens (including phenoxy) is 1. The van der Waals surface area contributed by atoms with Crippen molar-refractivity contribution in [1.82, 2.24) is 0 Å². The predicted molar refractivity (Wildman–Crippen MR) is 81.7 cm³/mol. The van der Waals surface area contributed by atoms with Gasteiger partial charge in [-0.2, -0.15) is 0 Å². The van der Waals surface area contributed by atoms with Gasteiger partial charge in [0.05, 0.1) is 6.61 Å². The van der Waals surface area contributed by atoms with Gasteiger partial charge in [-0.15, -0.1) is 0 Å². The minimum atomic E-state index is 0.360. The molecule has 0 aromatic heterocycles. The van der Waals surface area contributed by atoms with Gasteiger partial charge in [-0.3, -0.25) is 0 Å². The van der Waals surface area contributed by atoms with E-state index in [-0.39, 0.29) is 0 Å². The molecule has 0 heterocycles. The van der Waals surface area contributed by atoms with Crippen LogP contribution in [0.15, 0.2) is 6.07 Å². The largest absolute Gasteiger partial charge is 0.493 e. The van der Waals surface area contributed by atoms with Crippen LogP contribution in [0.2, 0.25) is 0 Å². The quantitative estimate of drug-likeness (QED) is 0.795. The van der Waals surface area contributed by atoms with Crippen LogP contribution in [0, 0.1) is 26.7 Å². The average Bonchev–Trinajstić information content (AvgIpc) is 2.41. The number of aryl methyl sites for hydroxylation is 1. The number of benzene rings is 1. The molecular weight excluding hydrogens is 236 g/mol. The van der Waals surface area contributed by atoms with Crippen LogP contribution in [0.1, 0.15) is 35.6 Å². The topological polar surface area (TPSA) is 61.3 Å². The van der Waals surface area contributed by atoms with Gasteiger partial charge in [0.25, 0.3) is 0 Å². The summed E-state index contributed by atoms with van der Waals surface area (Å²) in [5, 5.41) is 0. The van der Waals surface area contributed by atoms with Crippen molar-refractivity contribution in [1.29, 1.82) is 0 Å². The number of hydrogen-bond acceptors (Lipinski definition) is 3. The van der Waals surface area contributed by atoms with E-state index in [9.17, 15) is 0 Å². The molecule has 0 aliphatic rings. The molecule has 0 fully saturated rings. The molecule has 0 unspecified atom stereocenters. The number of hydrogen-bond donors (Lipinski definition) is 2. The Hall–Kier alpha value is -1.06. The first-order chi connectivity index (χ1) is 9.04. The van der Waals surface area contributed by atoms with Crippen LogP contribution >= 0.6 is 0 Å². The van der Waals surface area contributed by atoms with E-state index in [0.717, 1.165) is 25.2 Å². The van der Waals surface area contributed by atoms with Crippen molar-refractivity contribution in [3.63, 3.8) is 0 Å². The molecule has 0 spiro atoms. The SMILES string of the molecule is CCCOc1cc(C)c(CC(CN)CN)c(C)c1C. The fraction of sp³-hybridized carbons (Fsp3) is 0.625. The molecule has 19 heavy (non-hydrogen) atoms. The highest BCUT2D eigenvalue weighted by atomic mass is 16.5. The number of rotatable bonds is 7. The van der Waals surface area contributed by atoms with Gasteiger partial charge in [-0.25, -0.2) is 0 Å². The van der Waals surface area contributed by atoms with Gasteiger partial charge in [0.1, 0.15) is 5.75 Å². The summed E-state index contributed by atoms with van der Waals surface area (Å²) in [6.07, 6.45) is 1.99. The van der Waals surface area contributed by atoms with E-state index in [0.29, 0.717) is 19.0 Å². The Morgan fingerprint density at radius 1 is 1.11 bits per heavy atom. The summed E-state index contributed by atoms with van der Waals surface area (Å²) < 4.78 is 5.81. The van der Waals surface area contributed by atoms with Crippen molar-refractivity contribution in [3.05, 3.63) is 28.3 Å². The standard InChI is InChI=1S/C16H28N2O/c1-5-6-19-16-7-11(2)15(12(3)13(16)4)8-14(9-17)10-18/h7,14H,5-6,8-10,17-18H2,1-4H3. The summed E-state index contributed by atoms with van der Waals surface area (Å²) in [6, 6.07) is 2.15. The lowest BCUT2D eigenvalue weighted by molar-refractivity contribution is 0.314. The monoisotopic (exact) mass is 264 g/mol. The average molecular weight is 264 g/mol. The van der Waals surface area contributed by atoms with Gasteiger partial charge in [0.15, 0.2) is 0 Å². The van der Waals surface area contributed by atoms with E-state index in [2.05, 4.69) is 33.8 Å². The van der Waals surface area contributed by atoms with Crippen molar-refractivity contribution >= 4 is 0 Å². The zero-order chi connectivity index (χ0) is 14.4. The Morgan fingerprint density at radius 3 is 2.26 bits per heavy atom. The van der Waals surface area contributed by atoms with Crippen LogP contribution in [0.4, 0.5) is 0 Å². The summed E-state index contributed by atoms with van der Waals surface area (Å²) in [7, 11) is 0. The van der Waals surface area contributed by atoms with Crippen LogP contribution in [0.25, 0.3) is 0 Å². The summed E-state index contributed by atoms with van der Waals surface area (Å²) in [4.78, 5) is 0. The molecule has 0 bridgehead atoms. The molecule has 1 aromatic carbocycles. The third-order valence-electron chi connectivity index (χ3n) is 3.83. The zero-order valence-electron chi connectivity index (χ0n) is 12.8. The molecule has 3 nitrogen and oxygen atoms in total. The van der Waals surface area contributed by atoms with Gasteiger partial charge in [0.2, 0.25) is 0 Å². The van der Waals surface area contributed by atoms with E-state index < -0.39 is 0 Å². The van der Waals surface area contributed by atoms with Gasteiger partial charge >= 0.3 is 0 Å². The lowest BCUT2D eigenvalue weighted by Crippen LogP contribution is -2.25. The molecule has 1 aromatic rings. The molecule has 0 saturated carbocycles. The van der Waals surface area contributed by atoms with Crippen molar-refractivity contribution in [2.24, 2.45) is 17.4 Å². The molecule has 0 saturated heterocycles. The first-order valence-corrected chi connectivity index (χ1v) is 7.17. The summed E-state index contributed by atoms with van der Waals surface area (Å²) >= 11 is 0. The summed E-state index contributed by atoms with van der Waals surface area (Å²) in [5.41, 5.74) is 16.7. The smallest absolute Gasteiger partial charge is 0.122 e. The van der Waals surface area contributed by atoms with Gasteiger partial charge < -0.3 is 16.2 Å². The first kappa shape index (κ1) is 16.0. The maximum Gasteiger partial charge on any atom is 0.122 e. The van der Waals surface area contributed by atoms with Crippen molar-refractivity contribution in [2.75, 3.05) is 19.7 Å². The fourth-order valence-corrected chi connectivity index (χ4v) is 2.33. The third-order valence-corrected chi connectivity index (χ3v) is 3.83. The highest BCUT2D eigenvalue weighted by Gasteiger charge is 2.14. The molecule has 108 valence electrons. The Morgan fingerprint density at radius 2 is 1.74 bits per heavy atom. The lowest BCUT2D eigenvalue weighted by Gasteiger charge is -2.20. The first-order valence-electron chi connectivity index (χ1n) is 7.17. The lowest BCUT2D eigenvalue weighted by atomic mass is 9.90. The molecule has 0 amide bonds. The Bertz CT molecular complexity index is 412. The van der Waals surface area contributed by atoms with Crippen LogP contribution < -0.4 is 16.2 Å². The predicted octanol–water partition coefficient (Wildman–Crippen LogP) is 2.48. The summed E-state index contributed by atoms with van der Waals surface area (Å²) in [6.45, 7) is 10.6. The Kier molecular flexibility index (Phi) is 6.32. The van der Waals surface area contributed by atoms with Crippen LogP contribution in [-0.2, 0) is 6.42 Å². The van der Waals surface area contributed by atoms with Gasteiger partial charge in [0, 0.05) is 0 Å². The van der Waals surface area contributed by atoms with Crippen molar-refractivity contribution in [3.8, 4) is 5.75 Å². The second-order valence-electron chi connectivity index (χ2n) is 5.31. The highest BCUT2D eigenvalue weighted by molar-refractivity contribution is 5.48. The zero-order valence-corrected chi connectivity index (χ0v) is 12.8. The van der Waals surface area contributed by atoms with Crippen LogP contribution in [-0.4, -0.2) is 19.7 Å². The molecule has 1 rings (SSSR count). The molecule has 0 atom stereocenters. The second kappa shape index (κ2) is 7.51. The minimum Gasteiger partial charge on any atom is -0.493 e. The molecule has 0 aliphatic heterocycles. The normalized spacial score (nSPS) is 11.1. The van der Waals surface area contributed by atoms with Crippen molar-refractivity contribution in [2.45, 2.75) is 40.5 Å². The fourth-order valence-electron chi connectivity index (χ4n) is 2.33. The van der Waals surface area contributed by atoms with Gasteiger partial charge in [-0.1, -0.05) is 6.92 Å². The Labute approximate surface area is 117 Å². The maximum absolute atomic E-state index is 5.81.